The van der Waals surface area contributed by atoms with E-state index < -0.39 is 14.0 Å². The third-order valence-corrected chi connectivity index (χ3v) is 10.4. The lowest BCUT2D eigenvalue weighted by Gasteiger charge is -2.30. The smallest absolute Gasteiger partial charge is 0.335 e. The second kappa shape index (κ2) is 6.09. The van der Waals surface area contributed by atoms with Gasteiger partial charge in [-0.25, -0.2) is 4.79 Å². The molecule has 0 aliphatic carbocycles. The number of carboxylic acid groups (broad SMARTS) is 1. The van der Waals surface area contributed by atoms with Gasteiger partial charge in [-0.15, -0.1) is 0 Å². The second-order valence-electron chi connectivity index (χ2n) is 4.46. The molecule has 0 aliphatic heterocycles. The molecule has 0 saturated heterocycles. The summed E-state index contributed by atoms with van der Waals surface area (Å²) in [7, 11) is -1.70. The van der Waals surface area contributed by atoms with E-state index >= 15 is 0 Å². The Balaban J connectivity index is 3.46. The van der Waals surface area contributed by atoms with Crippen LogP contribution in [0, 0.1) is 0 Å². The van der Waals surface area contributed by atoms with Crippen LogP contribution >= 0.6 is 23.2 Å². The van der Waals surface area contributed by atoms with Crippen molar-refractivity contribution in [2.75, 3.05) is 0 Å². The summed E-state index contributed by atoms with van der Waals surface area (Å²) in [5.41, 5.74) is 0.153. The molecule has 1 N–H and O–H groups in total. The van der Waals surface area contributed by atoms with E-state index in [4.69, 9.17) is 28.3 Å². The average molecular weight is 305 g/mol. The number of rotatable bonds is 5. The van der Waals surface area contributed by atoms with Crippen molar-refractivity contribution in [2.45, 2.75) is 38.9 Å². The molecule has 1 aromatic rings. The van der Waals surface area contributed by atoms with Crippen LogP contribution in [-0.2, 0) is 0 Å². The first-order valence-electron chi connectivity index (χ1n) is 6.14. The molecule has 2 nitrogen and oxygen atoms in total. The summed E-state index contributed by atoms with van der Waals surface area (Å²) in [5.74, 6) is -0.998. The van der Waals surface area contributed by atoms with Crippen LogP contribution < -0.4 is 5.19 Å². The van der Waals surface area contributed by atoms with Crippen molar-refractivity contribution in [3.8, 4) is 0 Å². The molecule has 0 fully saturated rings. The van der Waals surface area contributed by atoms with E-state index in [1.54, 1.807) is 0 Å². The summed E-state index contributed by atoms with van der Waals surface area (Å²) in [4.78, 5) is 11.0. The third kappa shape index (κ3) is 2.73. The Morgan fingerprint density at radius 2 is 1.50 bits per heavy atom. The largest absolute Gasteiger partial charge is 0.478 e. The van der Waals surface area contributed by atoms with Crippen molar-refractivity contribution in [2.24, 2.45) is 0 Å². The van der Waals surface area contributed by atoms with Gasteiger partial charge < -0.3 is 5.11 Å². The minimum atomic E-state index is -1.70. The highest BCUT2D eigenvalue weighted by molar-refractivity contribution is 6.94. The topological polar surface area (TPSA) is 37.3 Å². The van der Waals surface area contributed by atoms with Gasteiger partial charge >= 0.3 is 5.97 Å². The quantitative estimate of drug-likeness (QED) is 0.818. The summed E-state index contributed by atoms with van der Waals surface area (Å²) in [6.45, 7) is 6.49. The Bertz CT molecular complexity index is 425. The van der Waals surface area contributed by atoms with Crippen LogP contribution in [0.4, 0.5) is 0 Å². The SMILES string of the molecule is CC[Si](CC)(CC)c1c(Cl)cc(C(=O)O)cc1Cl. The van der Waals surface area contributed by atoms with Crippen molar-refractivity contribution >= 4 is 42.4 Å². The fourth-order valence-electron chi connectivity index (χ4n) is 2.48. The maximum absolute atomic E-state index is 11.0. The van der Waals surface area contributed by atoms with Crippen LogP contribution in [0.25, 0.3) is 0 Å². The predicted molar refractivity (Wildman–Crippen MR) is 80.3 cm³/mol. The standard InChI is InChI=1S/C13H18Cl2O2Si/c1-4-18(5-2,6-3)12-10(14)7-9(13(16)17)8-11(12)15/h7-8H,4-6H2,1-3H3,(H,16,17). The monoisotopic (exact) mass is 304 g/mol. The zero-order valence-electron chi connectivity index (χ0n) is 10.9. The second-order valence-corrected chi connectivity index (χ2v) is 10.5. The highest BCUT2D eigenvalue weighted by Crippen LogP contribution is 2.28. The van der Waals surface area contributed by atoms with Gasteiger partial charge in [0.15, 0.2) is 0 Å². The highest BCUT2D eigenvalue weighted by Gasteiger charge is 2.33. The van der Waals surface area contributed by atoms with E-state index in [0.29, 0.717) is 10.0 Å². The first-order valence-corrected chi connectivity index (χ1v) is 9.52. The average Bonchev–Trinajstić information content (AvgIpc) is 2.34. The van der Waals surface area contributed by atoms with E-state index in [0.717, 1.165) is 23.3 Å². The fraction of sp³-hybridized carbons (Fsp3) is 0.462. The molecule has 0 amide bonds. The van der Waals surface area contributed by atoms with Gasteiger partial charge in [-0.05, 0) is 17.3 Å². The molecule has 0 radical (unpaired) electrons. The maximum atomic E-state index is 11.0. The van der Waals surface area contributed by atoms with Gasteiger partial charge in [0.2, 0.25) is 0 Å². The van der Waals surface area contributed by atoms with Crippen LogP contribution in [0.15, 0.2) is 12.1 Å². The van der Waals surface area contributed by atoms with E-state index in [-0.39, 0.29) is 5.56 Å². The molecule has 1 aromatic carbocycles. The minimum absolute atomic E-state index is 0.153. The Kier molecular flexibility index (Phi) is 5.26. The van der Waals surface area contributed by atoms with Crippen molar-refractivity contribution < 1.29 is 9.90 Å². The highest BCUT2D eigenvalue weighted by atomic mass is 35.5. The van der Waals surface area contributed by atoms with E-state index in [9.17, 15) is 4.79 Å². The molecule has 5 heteroatoms. The van der Waals surface area contributed by atoms with Crippen molar-refractivity contribution in [3.63, 3.8) is 0 Å². The zero-order chi connectivity index (χ0) is 13.9. The van der Waals surface area contributed by atoms with Crippen molar-refractivity contribution in [1.82, 2.24) is 0 Å². The molecule has 0 aromatic heterocycles. The van der Waals surface area contributed by atoms with Gasteiger partial charge in [-0.3, -0.25) is 0 Å². The molecule has 0 bridgehead atoms. The number of hydrogen-bond donors (Lipinski definition) is 1. The van der Waals surface area contributed by atoms with E-state index in [2.05, 4.69) is 20.8 Å². The van der Waals surface area contributed by atoms with Crippen LogP contribution in [0.5, 0.6) is 0 Å². The summed E-state index contributed by atoms with van der Waals surface area (Å²) >= 11 is 12.6. The molecule has 0 heterocycles. The lowest BCUT2D eigenvalue weighted by atomic mass is 10.2. The minimum Gasteiger partial charge on any atom is -0.478 e. The summed E-state index contributed by atoms with van der Waals surface area (Å²) < 4.78 is 0. The zero-order valence-corrected chi connectivity index (χ0v) is 13.4. The van der Waals surface area contributed by atoms with Gasteiger partial charge in [-0.2, -0.15) is 0 Å². The van der Waals surface area contributed by atoms with E-state index in [1.807, 2.05) is 0 Å². The van der Waals surface area contributed by atoms with Crippen LogP contribution in [0.2, 0.25) is 28.2 Å². The molecule has 0 atom stereocenters. The fourth-order valence-corrected chi connectivity index (χ4v) is 7.89. The molecule has 1 rings (SSSR count). The Labute approximate surface area is 119 Å². The molecular weight excluding hydrogens is 287 g/mol. The molecule has 0 unspecified atom stereocenters. The number of aromatic carboxylic acids is 1. The first-order chi connectivity index (χ1) is 8.41. The normalized spacial score (nSPS) is 11.6. The number of carbonyl (C=O) groups is 1. The van der Waals surface area contributed by atoms with E-state index in [1.165, 1.54) is 12.1 Å². The third-order valence-electron chi connectivity index (χ3n) is 3.85. The van der Waals surface area contributed by atoms with Gasteiger partial charge in [0.25, 0.3) is 0 Å². The summed E-state index contributed by atoms with van der Waals surface area (Å²) in [5, 5.41) is 11.0. The lowest BCUT2D eigenvalue weighted by molar-refractivity contribution is 0.0697. The lowest BCUT2D eigenvalue weighted by Crippen LogP contribution is -2.47. The Hall–Kier alpha value is -0.513. The number of benzene rings is 1. The summed E-state index contributed by atoms with van der Waals surface area (Å²) in [6.07, 6.45) is 0. The molecule has 18 heavy (non-hydrogen) atoms. The predicted octanol–water partition coefficient (Wildman–Crippen LogP) is 4.41. The summed E-state index contributed by atoms with van der Waals surface area (Å²) in [6, 6.07) is 6.23. The Morgan fingerprint density at radius 1 is 1.11 bits per heavy atom. The van der Waals surface area contributed by atoms with Crippen molar-refractivity contribution in [3.05, 3.63) is 27.7 Å². The molecular formula is C13H18Cl2O2Si. The Morgan fingerprint density at radius 3 is 1.78 bits per heavy atom. The first kappa shape index (κ1) is 15.5. The van der Waals surface area contributed by atoms with Crippen LogP contribution in [-0.4, -0.2) is 19.1 Å². The number of halogens is 2. The van der Waals surface area contributed by atoms with Gasteiger partial charge in [-0.1, -0.05) is 62.1 Å². The molecule has 0 aliphatic rings. The molecule has 0 spiro atoms. The molecule has 0 saturated carbocycles. The number of hydrogen-bond acceptors (Lipinski definition) is 1. The number of carboxylic acids is 1. The van der Waals surface area contributed by atoms with Crippen LogP contribution in [0.3, 0.4) is 0 Å². The maximum Gasteiger partial charge on any atom is 0.335 e. The molecule has 100 valence electrons. The van der Waals surface area contributed by atoms with Gasteiger partial charge in [0, 0.05) is 10.0 Å². The van der Waals surface area contributed by atoms with Crippen molar-refractivity contribution in [1.29, 1.82) is 0 Å². The van der Waals surface area contributed by atoms with Gasteiger partial charge in [0.1, 0.15) is 0 Å². The van der Waals surface area contributed by atoms with Gasteiger partial charge in [0.05, 0.1) is 13.6 Å². The van der Waals surface area contributed by atoms with Crippen LogP contribution in [0.1, 0.15) is 31.1 Å².